The first-order valence-corrected chi connectivity index (χ1v) is 8.38. The summed E-state index contributed by atoms with van der Waals surface area (Å²) in [5.74, 6) is 0.803. The standard InChI is InChI=1S/C18H22N4O/c1-5-20-18-15(1)11-16(12-21-18)17-13-22(8-6-19-17)7-2-14-3-9-23-10-4-14/h1,5-6,11-14H,2-4,7-10H2,(H,20,21). The van der Waals surface area contributed by atoms with Crippen LogP contribution in [0.15, 0.2) is 35.7 Å². The van der Waals surface area contributed by atoms with Crippen LogP contribution in [0, 0.1) is 5.92 Å². The monoisotopic (exact) mass is 310 g/mol. The van der Waals surface area contributed by atoms with E-state index in [1.54, 1.807) is 0 Å². The number of pyridine rings is 1. The lowest BCUT2D eigenvalue weighted by molar-refractivity contribution is 0.0620. The SMILES string of the molecule is C1=NC(c2cnc3[nH]ccc3c2)=CN(CCC2CCOCC2)C1. The molecule has 2 aromatic rings. The molecule has 5 heteroatoms. The lowest BCUT2D eigenvalue weighted by Gasteiger charge is -2.27. The molecule has 0 atom stereocenters. The second-order valence-corrected chi connectivity index (χ2v) is 6.30. The Balaban J connectivity index is 1.45. The van der Waals surface area contributed by atoms with Crippen LogP contribution in [0.2, 0.25) is 0 Å². The Bertz CT molecular complexity index is 727. The second kappa shape index (κ2) is 6.54. The van der Waals surface area contributed by atoms with E-state index in [1.807, 2.05) is 24.7 Å². The van der Waals surface area contributed by atoms with Crippen molar-refractivity contribution in [2.45, 2.75) is 19.3 Å². The molecule has 4 rings (SSSR count). The van der Waals surface area contributed by atoms with Crippen LogP contribution in [0.4, 0.5) is 0 Å². The minimum atomic E-state index is 0.803. The van der Waals surface area contributed by atoms with Crippen molar-refractivity contribution in [1.82, 2.24) is 14.9 Å². The normalized spacial score (nSPS) is 19.3. The van der Waals surface area contributed by atoms with Gasteiger partial charge in [0, 0.05) is 55.5 Å². The molecule has 0 amide bonds. The van der Waals surface area contributed by atoms with Gasteiger partial charge in [-0.2, -0.15) is 0 Å². The molecule has 0 unspecified atom stereocenters. The summed E-state index contributed by atoms with van der Waals surface area (Å²) in [6, 6.07) is 4.19. The molecule has 0 saturated carbocycles. The average Bonchev–Trinajstić information content (AvgIpc) is 3.09. The number of aliphatic imine (C=N–C) groups is 1. The molecule has 0 spiro atoms. The van der Waals surface area contributed by atoms with Gasteiger partial charge in [0.2, 0.25) is 0 Å². The fraction of sp³-hybridized carbons (Fsp3) is 0.444. The molecule has 5 nitrogen and oxygen atoms in total. The van der Waals surface area contributed by atoms with E-state index in [2.05, 4.69) is 32.1 Å². The van der Waals surface area contributed by atoms with Crippen LogP contribution in [0.25, 0.3) is 16.7 Å². The number of aromatic amines is 1. The summed E-state index contributed by atoms with van der Waals surface area (Å²) < 4.78 is 5.44. The van der Waals surface area contributed by atoms with Gasteiger partial charge in [0.05, 0.1) is 12.2 Å². The van der Waals surface area contributed by atoms with Gasteiger partial charge in [-0.15, -0.1) is 0 Å². The van der Waals surface area contributed by atoms with E-state index < -0.39 is 0 Å². The first kappa shape index (κ1) is 14.5. The molecule has 0 aliphatic carbocycles. The minimum absolute atomic E-state index is 0.803. The quantitative estimate of drug-likeness (QED) is 0.944. The molecule has 1 saturated heterocycles. The van der Waals surface area contributed by atoms with Crippen molar-refractivity contribution < 1.29 is 4.74 Å². The summed E-state index contributed by atoms with van der Waals surface area (Å²) >= 11 is 0. The summed E-state index contributed by atoms with van der Waals surface area (Å²) in [5, 5.41) is 1.12. The molecular weight excluding hydrogens is 288 g/mol. The number of rotatable bonds is 4. The third kappa shape index (κ3) is 3.29. The molecule has 0 radical (unpaired) electrons. The number of nitrogens with one attached hydrogen (secondary N) is 1. The Morgan fingerprint density at radius 3 is 3.13 bits per heavy atom. The van der Waals surface area contributed by atoms with Crippen molar-refractivity contribution in [2.24, 2.45) is 10.9 Å². The van der Waals surface area contributed by atoms with E-state index >= 15 is 0 Å². The molecule has 2 aliphatic heterocycles. The zero-order valence-electron chi connectivity index (χ0n) is 13.2. The van der Waals surface area contributed by atoms with Crippen LogP contribution < -0.4 is 0 Å². The summed E-state index contributed by atoms with van der Waals surface area (Å²) in [4.78, 5) is 14.5. The molecule has 2 aromatic heterocycles. The fourth-order valence-corrected chi connectivity index (χ4v) is 3.27. The maximum absolute atomic E-state index is 5.44. The molecule has 0 aromatic carbocycles. The second-order valence-electron chi connectivity index (χ2n) is 6.30. The Morgan fingerprint density at radius 2 is 2.22 bits per heavy atom. The fourth-order valence-electron chi connectivity index (χ4n) is 3.27. The van der Waals surface area contributed by atoms with E-state index in [0.717, 1.165) is 54.5 Å². The van der Waals surface area contributed by atoms with Crippen LogP contribution in [0.1, 0.15) is 24.8 Å². The highest BCUT2D eigenvalue weighted by molar-refractivity contribution is 5.83. The van der Waals surface area contributed by atoms with E-state index in [1.165, 1.54) is 19.3 Å². The number of ether oxygens (including phenoxy) is 1. The van der Waals surface area contributed by atoms with Crippen LogP contribution >= 0.6 is 0 Å². The zero-order valence-corrected chi connectivity index (χ0v) is 13.2. The van der Waals surface area contributed by atoms with Crippen LogP contribution in [0.5, 0.6) is 0 Å². The van der Waals surface area contributed by atoms with Gasteiger partial charge in [-0.3, -0.25) is 4.99 Å². The van der Waals surface area contributed by atoms with Gasteiger partial charge in [0.25, 0.3) is 0 Å². The van der Waals surface area contributed by atoms with Crippen molar-refractivity contribution in [3.05, 3.63) is 36.3 Å². The Morgan fingerprint density at radius 1 is 1.30 bits per heavy atom. The largest absolute Gasteiger partial charge is 0.381 e. The van der Waals surface area contributed by atoms with Crippen molar-refractivity contribution in [2.75, 3.05) is 26.3 Å². The van der Waals surface area contributed by atoms with Crippen LogP contribution in [0.3, 0.4) is 0 Å². The highest BCUT2D eigenvalue weighted by Gasteiger charge is 2.16. The van der Waals surface area contributed by atoms with Gasteiger partial charge >= 0.3 is 0 Å². The number of hydrogen-bond donors (Lipinski definition) is 1. The average molecular weight is 310 g/mol. The number of H-pyrrole nitrogens is 1. The van der Waals surface area contributed by atoms with E-state index in [4.69, 9.17) is 4.74 Å². The molecular formula is C18H22N4O. The summed E-state index contributed by atoms with van der Waals surface area (Å²) in [7, 11) is 0. The molecule has 0 bridgehead atoms. The maximum atomic E-state index is 5.44. The first-order valence-electron chi connectivity index (χ1n) is 8.38. The van der Waals surface area contributed by atoms with Crippen LogP contribution in [-0.4, -0.2) is 47.4 Å². The summed E-state index contributed by atoms with van der Waals surface area (Å²) in [6.07, 6.45) is 11.6. The summed E-state index contributed by atoms with van der Waals surface area (Å²) in [6.45, 7) is 3.83. The summed E-state index contributed by atoms with van der Waals surface area (Å²) in [5.41, 5.74) is 2.99. The predicted octanol–water partition coefficient (Wildman–Crippen LogP) is 3.06. The van der Waals surface area contributed by atoms with Gasteiger partial charge in [0.1, 0.15) is 5.65 Å². The van der Waals surface area contributed by atoms with Crippen molar-refractivity contribution in [3.8, 4) is 0 Å². The first-order chi connectivity index (χ1) is 11.4. The molecule has 120 valence electrons. The van der Waals surface area contributed by atoms with Crippen molar-refractivity contribution in [3.63, 3.8) is 0 Å². The van der Waals surface area contributed by atoms with E-state index in [9.17, 15) is 0 Å². The molecule has 4 heterocycles. The zero-order chi connectivity index (χ0) is 15.5. The third-order valence-electron chi connectivity index (χ3n) is 4.71. The molecule has 1 fully saturated rings. The number of nitrogens with zero attached hydrogens (tertiary/aromatic N) is 3. The van der Waals surface area contributed by atoms with E-state index in [-0.39, 0.29) is 0 Å². The molecule has 2 aliphatic rings. The highest BCUT2D eigenvalue weighted by Crippen LogP contribution is 2.23. The maximum Gasteiger partial charge on any atom is 0.137 e. The van der Waals surface area contributed by atoms with Gasteiger partial charge in [-0.25, -0.2) is 4.98 Å². The minimum Gasteiger partial charge on any atom is -0.381 e. The van der Waals surface area contributed by atoms with Gasteiger partial charge in [-0.05, 0) is 37.3 Å². The Labute approximate surface area is 136 Å². The van der Waals surface area contributed by atoms with Crippen molar-refractivity contribution >= 4 is 22.9 Å². The van der Waals surface area contributed by atoms with Gasteiger partial charge < -0.3 is 14.6 Å². The van der Waals surface area contributed by atoms with Gasteiger partial charge in [-0.1, -0.05) is 0 Å². The smallest absolute Gasteiger partial charge is 0.137 e. The number of fused-ring (bicyclic) bond motifs is 1. The third-order valence-corrected chi connectivity index (χ3v) is 4.71. The van der Waals surface area contributed by atoms with Crippen molar-refractivity contribution in [1.29, 1.82) is 0 Å². The molecule has 23 heavy (non-hydrogen) atoms. The van der Waals surface area contributed by atoms with E-state index in [0.29, 0.717) is 0 Å². The Hall–Kier alpha value is -2.14. The topological polar surface area (TPSA) is 53.5 Å². The highest BCUT2D eigenvalue weighted by atomic mass is 16.5. The lowest BCUT2D eigenvalue weighted by atomic mass is 9.96. The number of aromatic nitrogens is 2. The Kier molecular flexibility index (Phi) is 4.11. The lowest BCUT2D eigenvalue weighted by Crippen LogP contribution is -2.27. The molecule has 1 N–H and O–H groups in total. The van der Waals surface area contributed by atoms with Gasteiger partial charge in [0.15, 0.2) is 0 Å². The van der Waals surface area contributed by atoms with Crippen LogP contribution in [-0.2, 0) is 4.74 Å². The predicted molar refractivity (Wildman–Crippen MR) is 92.3 cm³/mol. The number of hydrogen-bond acceptors (Lipinski definition) is 4.